The van der Waals surface area contributed by atoms with Gasteiger partial charge in [0, 0.05) is 30.6 Å². The molecule has 1 heterocycles. The first-order valence-corrected chi connectivity index (χ1v) is 10.7. The molecule has 1 aliphatic carbocycles. The molecule has 7 heteroatoms. The van der Waals surface area contributed by atoms with Crippen LogP contribution in [0.15, 0.2) is 36.4 Å². The van der Waals surface area contributed by atoms with E-state index in [9.17, 15) is 4.79 Å². The smallest absolute Gasteiger partial charge is 0.341 e. The summed E-state index contributed by atoms with van der Waals surface area (Å²) in [4.78, 5) is 13.9. The second-order valence-electron chi connectivity index (χ2n) is 8.42. The highest BCUT2D eigenvalue weighted by Gasteiger charge is 2.56. The van der Waals surface area contributed by atoms with Crippen molar-refractivity contribution in [3.63, 3.8) is 0 Å². The monoisotopic (exact) mass is 430 g/mol. The Balaban J connectivity index is 1.60. The van der Waals surface area contributed by atoms with Crippen LogP contribution >= 0.6 is 0 Å². The van der Waals surface area contributed by atoms with Crippen molar-refractivity contribution in [3.05, 3.63) is 59.2 Å². The summed E-state index contributed by atoms with van der Waals surface area (Å²) < 4.78 is 40.3. The molecule has 2 fully saturated rings. The molecule has 5 nitrogen and oxygen atoms in total. The molecule has 1 saturated carbocycles. The van der Waals surface area contributed by atoms with E-state index < -0.39 is 23.2 Å². The highest BCUT2D eigenvalue weighted by Crippen LogP contribution is 2.55. The van der Waals surface area contributed by atoms with Crippen molar-refractivity contribution in [1.29, 1.82) is 0 Å². The summed E-state index contributed by atoms with van der Waals surface area (Å²) in [6.45, 7) is 4.94. The average molecular weight is 430 g/mol. The van der Waals surface area contributed by atoms with Crippen LogP contribution < -0.4 is 15.0 Å². The molecule has 1 aliphatic heterocycles. The molecule has 1 N–H and O–H groups in total. The lowest BCUT2D eigenvalue weighted by atomic mass is 9.98. The second kappa shape index (κ2) is 8.46. The van der Waals surface area contributed by atoms with Crippen molar-refractivity contribution in [2.24, 2.45) is 5.41 Å². The van der Waals surface area contributed by atoms with E-state index in [1.54, 1.807) is 6.92 Å². The van der Waals surface area contributed by atoms with Crippen LogP contribution in [0.1, 0.15) is 48.7 Å². The lowest BCUT2D eigenvalue weighted by Crippen LogP contribution is -2.39. The highest BCUT2D eigenvalue weighted by atomic mass is 19.1. The fourth-order valence-corrected chi connectivity index (χ4v) is 4.61. The van der Waals surface area contributed by atoms with Crippen LogP contribution in [0.2, 0.25) is 0 Å². The number of carbonyl (C=O) groups excluding carboxylic acids is 1. The number of halogens is 2. The fourth-order valence-electron chi connectivity index (χ4n) is 4.61. The number of hydrogen-bond acceptors (Lipinski definition) is 5. The van der Waals surface area contributed by atoms with Crippen molar-refractivity contribution in [1.82, 2.24) is 5.32 Å². The van der Waals surface area contributed by atoms with Gasteiger partial charge >= 0.3 is 5.97 Å². The minimum Gasteiger partial charge on any atom is -0.491 e. The van der Waals surface area contributed by atoms with Gasteiger partial charge in [0.25, 0.3) is 0 Å². The number of esters is 1. The molecular weight excluding hydrogens is 402 g/mol. The summed E-state index contributed by atoms with van der Waals surface area (Å²) in [6, 6.07) is 11.4. The first-order valence-electron chi connectivity index (χ1n) is 10.7. The third kappa shape index (κ3) is 3.99. The summed E-state index contributed by atoms with van der Waals surface area (Å²) in [6.07, 6.45) is 2.08. The molecule has 0 bridgehead atoms. The number of benzene rings is 2. The van der Waals surface area contributed by atoms with Crippen LogP contribution in [-0.4, -0.2) is 38.8 Å². The van der Waals surface area contributed by atoms with Gasteiger partial charge in [0.1, 0.15) is 11.3 Å². The Hall–Kier alpha value is -2.67. The Morgan fingerprint density at radius 2 is 2.00 bits per heavy atom. The number of rotatable bonds is 7. The number of carbonyl (C=O) groups is 1. The molecule has 166 valence electrons. The van der Waals surface area contributed by atoms with Gasteiger partial charge in [-0.15, -0.1) is 0 Å². The maximum atomic E-state index is 15.1. The van der Waals surface area contributed by atoms with Crippen molar-refractivity contribution >= 4 is 11.7 Å². The molecule has 4 rings (SSSR count). The van der Waals surface area contributed by atoms with Gasteiger partial charge in [0.2, 0.25) is 0 Å². The molecule has 2 aromatic carbocycles. The Kier molecular flexibility index (Phi) is 5.88. The summed E-state index contributed by atoms with van der Waals surface area (Å²) in [5.74, 6) is -2.74. The van der Waals surface area contributed by atoms with Crippen molar-refractivity contribution in [3.8, 4) is 5.75 Å². The molecule has 2 aliphatic rings. The van der Waals surface area contributed by atoms with Crippen LogP contribution in [0, 0.1) is 17.0 Å². The minimum atomic E-state index is -0.903. The van der Waals surface area contributed by atoms with E-state index in [0.717, 1.165) is 18.9 Å². The number of nitrogens with one attached hydrogen (secondary N) is 1. The standard InChI is InChI=1S/C24H28F2N2O3/c1-4-31-23(29)17-12-18(25)21(22(30-3)20(17)26)28-13-19(24(14-28)10-11-24)27-15(2)16-8-6-5-7-9-16/h5-9,12,15,19,27H,4,10-11,13-14H2,1-3H3/t15-,19-/m1/s1. The highest BCUT2D eigenvalue weighted by molar-refractivity contribution is 5.91. The number of anilines is 1. The Bertz CT molecular complexity index is 963. The third-order valence-electron chi connectivity index (χ3n) is 6.45. The predicted octanol–water partition coefficient (Wildman–Crippen LogP) is 4.47. The summed E-state index contributed by atoms with van der Waals surface area (Å²) in [7, 11) is 1.28. The molecule has 2 aromatic rings. The van der Waals surface area contributed by atoms with Gasteiger partial charge in [-0.05, 0) is 38.3 Å². The Morgan fingerprint density at radius 1 is 1.29 bits per heavy atom. The zero-order valence-corrected chi connectivity index (χ0v) is 18.1. The zero-order chi connectivity index (χ0) is 22.2. The summed E-state index contributed by atoms with van der Waals surface area (Å²) >= 11 is 0. The first kappa shape index (κ1) is 21.6. The first-order chi connectivity index (χ1) is 14.9. The largest absolute Gasteiger partial charge is 0.491 e. The summed E-state index contributed by atoms with van der Waals surface area (Å²) in [5.41, 5.74) is 0.838. The van der Waals surface area contributed by atoms with E-state index in [1.165, 1.54) is 12.7 Å². The van der Waals surface area contributed by atoms with Gasteiger partial charge < -0.3 is 19.7 Å². The van der Waals surface area contributed by atoms with Crippen molar-refractivity contribution < 1.29 is 23.0 Å². The lowest BCUT2D eigenvalue weighted by Gasteiger charge is -2.25. The molecule has 2 atom stereocenters. The fraction of sp³-hybridized carbons (Fsp3) is 0.458. The Morgan fingerprint density at radius 3 is 2.61 bits per heavy atom. The molecule has 1 spiro atoms. The Labute approximate surface area is 181 Å². The van der Waals surface area contributed by atoms with Crippen molar-refractivity contribution in [2.45, 2.75) is 38.8 Å². The molecule has 0 aromatic heterocycles. The van der Waals surface area contributed by atoms with Gasteiger partial charge in [-0.25, -0.2) is 13.6 Å². The maximum absolute atomic E-state index is 15.1. The molecule has 0 unspecified atom stereocenters. The number of ether oxygens (including phenoxy) is 2. The normalized spacial score (nSPS) is 20.0. The van der Waals surface area contributed by atoms with E-state index in [4.69, 9.17) is 9.47 Å². The predicted molar refractivity (Wildman–Crippen MR) is 115 cm³/mol. The van der Waals surface area contributed by atoms with Gasteiger partial charge in [-0.1, -0.05) is 30.3 Å². The van der Waals surface area contributed by atoms with Gasteiger partial charge in [0.15, 0.2) is 17.4 Å². The molecule has 0 amide bonds. The molecular formula is C24H28F2N2O3. The number of hydrogen-bond donors (Lipinski definition) is 1. The number of nitrogens with zero attached hydrogens (tertiary/aromatic N) is 1. The van der Waals surface area contributed by atoms with Crippen molar-refractivity contribution in [2.75, 3.05) is 31.7 Å². The van der Waals surface area contributed by atoms with Crippen LogP contribution in [0.5, 0.6) is 5.75 Å². The molecule has 31 heavy (non-hydrogen) atoms. The van der Waals surface area contributed by atoms with E-state index in [1.807, 2.05) is 23.1 Å². The molecule has 0 radical (unpaired) electrons. The zero-order valence-electron chi connectivity index (χ0n) is 18.1. The molecule has 1 saturated heterocycles. The van der Waals surface area contributed by atoms with E-state index in [-0.39, 0.29) is 35.5 Å². The van der Waals surface area contributed by atoms with Crippen LogP contribution in [0.4, 0.5) is 14.5 Å². The SMILES string of the molecule is CCOC(=O)c1cc(F)c(N2C[C@@H](N[C@H](C)c3ccccc3)C3(CC3)C2)c(OC)c1F. The van der Waals surface area contributed by atoms with E-state index in [0.29, 0.717) is 13.1 Å². The number of methoxy groups -OCH3 is 1. The quantitative estimate of drug-likeness (QED) is 0.657. The van der Waals surface area contributed by atoms with Gasteiger partial charge in [0.05, 0.1) is 13.7 Å². The minimum absolute atomic E-state index is 0.0385. The second-order valence-corrected chi connectivity index (χ2v) is 8.42. The van der Waals surface area contributed by atoms with Gasteiger partial charge in [-0.2, -0.15) is 0 Å². The van der Waals surface area contributed by atoms with Crippen LogP contribution in [0.25, 0.3) is 0 Å². The lowest BCUT2D eigenvalue weighted by molar-refractivity contribution is 0.0519. The van der Waals surface area contributed by atoms with E-state index in [2.05, 4.69) is 24.4 Å². The summed E-state index contributed by atoms with van der Waals surface area (Å²) in [5, 5.41) is 3.69. The van der Waals surface area contributed by atoms with E-state index >= 15 is 8.78 Å². The third-order valence-corrected chi connectivity index (χ3v) is 6.45. The average Bonchev–Trinajstić information content (AvgIpc) is 3.46. The van der Waals surface area contributed by atoms with Crippen LogP contribution in [-0.2, 0) is 4.74 Å². The van der Waals surface area contributed by atoms with Gasteiger partial charge in [-0.3, -0.25) is 0 Å². The topological polar surface area (TPSA) is 50.8 Å². The maximum Gasteiger partial charge on any atom is 0.341 e. The van der Waals surface area contributed by atoms with Crippen LogP contribution in [0.3, 0.4) is 0 Å².